The molecule has 0 spiro atoms. The van der Waals surface area contributed by atoms with Crippen LogP contribution in [0.5, 0.6) is 6.01 Å². The van der Waals surface area contributed by atoms with Crippen molar-refractivity contribution >= 4 is 11.5 Å². The minimum atomic E-state index is -0.485. The van der Waals surface area contributed by atoms with Crippen molar-refractivity contribution in [1.82, 2.24) is 9.97 Å². The molecule has 0 atom stereocenters. The number of aryl methyl sites for hydroxylation is 1. The highest BCUT2D eigenvalue weighted by Gasteiger charge is 2.18. The summed E-state index contributed by atoms with van der Waals surface area (Å²) in [6.45, 7) is 3.11. The number of ether oxygens (including phenoxy) is 1. The van der Waals surface area contributed by atoms with E-state index in [-0.39, 0.29) is 17.5 Å². The van der Waals surface area contributed by atoms with E-state index in [2.05, 4.69) is 9.97 Å². The molecule has 7 nitrogen and oxygen atoms in total. The lowest BCUT2D eigenvalue weighted by Gasteiger charge is -2.10. The van der Waals surface area contributed by atoms with Gasteiger partial charge in [0, 0.05) is 17.7 Å². The third-order valence-corrected chi connectivity index (χ3v) is 2.96. The molecule has 0 amide bonds. The van der Waals surface area contributed by atoms with Gasteiger partial charge in [0.15, 0.2) is 5.78 Å². The molecule has 0 fully saturated rings. The monoisotopic (exact) mass is 287 g/mol. The first-order valence-corrected chi connectivity index (χ1v) is 6.12. The second kappa shape index (κ2) is 5.66. The normalized spacial score (nSPS) is 10.2. The summed E-state index contributed by atoms with van der Waals surface area (Å²) in [6.07, 6.45) is 0. The van der Waals surface area contributed by atoms with E-state index in [0.717, 1.165) is 0 Å². The lowest BCUT2D eigenvalue weighted by Crippen LogP contribution is -2.07. The number of hydrogen-bond donors (Lipinski definition) is 0. The Morgan fingerprint density at radius 3 is 2.33 bits per heavy atom. The molecule has 0 bridgehead atoms. The number of nitro benzene ring substituents is 1. The first kappa shape index (κ1) is 14.6. The van der Waals surface area contributed by atoms with Gasteiger partial charge < -0.3 is 4.74 Å². The van der Waals surface area contributed by atoms with E-state index >= 15 is 0 Å². The Morgan fingerprint density at radius 1 is 1.24 bits per heavy atom. The molecule has 0 aliphatic heterocycles. The van der Waals surface area contributed by atoms with Crippen LogP contribution in [-0.2, 0) is 0 Å². The number of carbonyl (C=O) groups is 1. The molecule has 7 heteroatoms. The number of benzene rings is 1. The van der Waals surface area contributed by atoms with Crippen LogP contribution in [0.25, 0.3) is 11.3 Å². The van der Waals surface area contributed by atoms with Crippen molar-refractivity contribution < 1.29 is 14.5 Å². The number of ketones is 1. The van der Waals surface area contributed by atoms with Crippen LogP contribution in [0.3, 0.4) is 0 Å². The molecular weight excluding hydrogens is 274 g/mol. The van der Waals surface area contributed by atoms with Gasteiger partial charge in [-0.15, -0.1) is 0 Å². The van der Waals surface area contributed by atoms with Crippen LogP contribution in [0, 0.1) is 17.0 Å². The lowest BCUT2D eigenvalue weighted by atomic mass is 10.0. The van der Waals surface area contributed by atoms with Crippen molar-refractivity contribution in [2.75, 3.05) is 7.11 Å². The summed E-state index contributed by atoms with van der Waals surface area (Å²) in [7, 11) is 1.43. The second-order valence-electron chi connectivity index (χ2n) is 4.38. The van der Waals surface area contributed by atoms with E-state index in [0.29, 0.717) is 22.5 Å². The van der Waals surface area contributed by atoms with E-state index in [1.54, 1.807) is 19.1 Å². The fraction of sp³-hybridized carbons (Fsp3) is 0.214. The Kier molecular flexibility index (Phi) is 3.93. The molecule has 0 saturated carbocycles. The van der Waals surface area contributed by atoms with Crippen molar-refractivity contribution in [2.45, 2.75) is 13.8 Å². The van der Waals surface area contributed by atoms with Crippen molar-refractivity contribution in [3.63, 3.8) is 0 Å². The summed E-state index contributed by atoms with van der Waals surface area (Å²) in [4.78, 5) is 30.3. The maximum absolute atomic E-state index is 11.8. The standard InChI is InChI=1S/C14H13N3O4/c1-8-12(9(2)18)13(16-14(15-8)21-3)10-4-6-11(7-5-10)17(19)20/h4-7H,1-3H3. The number of nitro groups is 1. The number of hydrogen-bond acceptors (Lipinski definition) is 6. The third kappa shape index (κ3) is 2.86. The van der Waals surface area contributed by atoms with Crippen molar-refractivity contribution in [3.8, 4) is 17.3 Å². The molecule has 0 saturated heterocycles. The Morgan fingerprint density at radius 2 is 1.86 bits per heavy atom. The Balaban J connectivity index is 2.63. The molecule has 2 rings (SSSR count). The summed E-state index contributed by atoms with van der Waals surface area (Å²) in [5.74, 6) is -0.177. The Labute approximate surface area is 120 Å². The van der Waals surface area contributed by atoms with Gasteiger partial charge in [-0.05, 0) is 26.0 Å². The van der Waals surface area contributed by atoms with Gasteiger partial charge in [0.25, 0.3) is 5.69 Å². The molecule has 1 aromatic heterocycles. The van der Waals surface area contributed by atoms with Gasteiger partial charge in [-0.25, -0.2) is 0 Å². The summed E-state index contributed by atoms with van der Waals surface area (Å²) < 4.78 is 5.01. The molecule has 0 unspecified atom stereocenters. The number of nitrogens with zero attached hydrogens (tertiary/aromatic N) is 3. The summed E-state index contributed by atoms with van der Waals surface area (Å²) in [5, 5.41) is 10.7. The molecule has 1 aromatic carbocycles. The highest BCUT2D eigenvalue weighted by atomic mass is 16.6. The molecule has 1 heterocycles. The van der Waals surface area contributed by atoms with Crippen LogP contribution in [0.1, 0.15) is 23.0 Å². The van der Waals surface area contributed by atoms with Crippen LogP contribution >= 0.6 is 0 Å². The Hall–Kier alpha value is -2.83. The van der Waals surface area contributed by atoms with E-state index in [1.165, 1.54) is 26.2 Å². The van der Waals surface area contributed by atoms with Crippen molar-refractivity contribution in [2.24, 2.45) is 0 Å². The molecule has 2 aromatic rings. The van der Waals surface area contributed by atoms with Crippen LogP contribution in [0.2, 0.25) is 0 Å². The number of carbonyl (C=O) groups excluding carboxylic acids is 1. The van der Waals surface area contributed by atoms with Crippen molar-refractivity contribution in [3.05, 3.63) is 45.6 Å². The second-order valence-corrected chi connectivity index (χ2v) is 4.38. The van der Waals surface area contributed by atoms with Crippen LogP contribution in [0.4, 0.5) is 5.69 Å². The predicted molar refractivity (Wildman–Crippen MR) is 75.4 cm³/mol. The van der Waals surface area contributed by atoms with Crippen LogP contribution in [0.15, 0.2) is 24.3 Å². The fourth-order valence-electron chi connectivity index (χ4n) is 2.01. The largest absolute Gasteiger partial charge is 0.467 e. The molecule has 0 radical (unpaired) electrons. The fourth-order valence-corrected chi connectivity index (χ4v) is 2.01. The average molecular weight is 287 g/mol. The van der Waals surface area contributed by atoms with Gasteiger partial charge in [0.2, 0.25) is 0 Å². The molecule has 0 aliphatic carbocycles. The van der Waals surface area contributed by atoms with E-state index in [1.807, 2.05) is 0 Å². The first-order chi connectivity index (χ1) is 9.93. The zero-order valence-corrected chi connectivity index (χ0v) is 11.8. The van der Waals surface area contributed by atoms with Gasteiger partial charge in [0.05, 0.1) is 29.0 Å². The van der Waals surface area contributed by atoms with Gasteiger partial charge >= 0.3 is 6.01 Å². The summed E-state index contributed by atoms with van der Waals surface area (Å²) in [6, 6.07) is 5.97. The van der Waals surface area contributed by atoms with Gasteiger partial charge in [-0.1, -0.05) is 0 Å². The Bertz CT molecular complexity index is 711. The molecule has 21 heavy (non-hydrogen) atoms. The third-order valence-electron chi connectivity index (χ3n) is 2.96. The molecule has 0 aliphatic rings. The van der Waals surface area contributed by atoms with Crippen LogP contribution in [-0.4, -0.2) is 27.8 Å². The lowest BCUT2D eigenvalue weighted by molar-refractivity contribution is -0.384. The highest BCUT2D eigenvalue weighted by molar-refractivity contribution is 6.00. The minimum Gasteiger partial charge on any atom is -0.467 e. The van der Waals surface area contributed by atoms with E-state index in [4.69, 9.17) is 4.74 Å². The topological polar surface area (TPSA) is 95.2 Å². The summed E-state index contributed by atoms with van der Waals surface area (Å²) in [5.41, 5.74) is 1.85. The summed E-state index contributed by atoms with van der Waals surface area (Å²) >= 11 is 0. The smallest absolute Gasteiger partial charge is 0.316 e. The SMILES string of the molecule is COc1nc(C)c(C(C)=O)c(-c2ccc([N+](=O)[O-])cc2)n1. The van der Waals surface area contributed by atoms with Gasteiger partial charge in [-0.2, -0.15) is 9.97 Å². The van der Waals surface area contributed by atoms with Crippen LogP contribution < -0.4 is 4.74 Å². The predicted octanol–water partition coefficient (Wildman–Crippen LogP) is 2.57. The zero-order chi connectivity index (χ0) is 15.6. The number of rotatable bonds is 4. The van der Waals surface area contributed by atoms with Gasteiger partial charge in [0.1, 0.15) is 0 Å². The quantitative estimate of drug-likeness (QED) is 0.487. The number of Topliss-reactive ketones (excluding diaryl/α,β-unsaturated/α-hetero) is 1. The number of non-ortho nitro benzene ring substituents is 1. The van der Waals surface area contributed by atoms with E-state index in [9.17, 15) is 14.9 Å². The van der Waals surface area contributed by atoms with E-state index < -0.39 is 4.92 Å². The molecule has 108 valence electrons. The molecular formula is C14H13N3O4. The maximum atomic E-state index is 11.8. The van der Waals surface area contributed by atoms with Gasteiger partial charge in [-0.3, -0.25) is 14.9 Å². The first-order valence-electron chi connectivity index (χ1n) is 6.12. The zero-order valence-electron chi connectivity index (χ0n) is 11.8. The average Bonchev–Trinajstić information content (AvgIpc) is 2.45. The van der Waals surface area contributed by atoms with Crippen molar-refractivity contribution in [1.29, 1.82) is 0 Å². The highest BCUT2D eigenvalue weighted by Crippen LogP contribution is 2.27. The molecule has 0 N–H and O–H groups in total. The number of methoxy groups -OCH3 is 1. The maximum Gasteiger partial charge on any atom is 0.316 e. The minimum absolute atomic E-state index is 0.0270. The number of aromatic nitrogens is 2.